The molecule has 0 aliphatic heterocycles. The molecule has 0 unspecified atom stereocenters. The highest BCUT2D eigenvalue weighted by Crippen LogP contribution is 2.25. The van der Waals surface area contributed by atoms with Crippen LogP contribution in [-0.2, 0) is 4.79 Å². The van der Waals surface area contributed by atoms with Crippen molar-refractivity contribution in [3.63, 3.8) is 0 Å². The van der Waals surface area contributed by atoms with Crippen LogP contribution >= 0.6 is 11.8 Å². The average molecular weight is 367 g/mol. The van der Waals surface area contributed by atoms with Gasteiger partial charge in [0.1, 0.15) is 0 Å². The number of tetrazole rings is 1. The molecule has 7 heteroatoms. The molecule has 0 aliphatic carbocycles. The Balaban J connectivity index is 1.69. The molecule has 0 atom stereocenters. The van der Waals surface area contributed by atoms with Gasteiger partial charge in [-0.05, 0) is 46.5 Å². The number of aromatic nitrogens is 4. The predicted octanol–water partition coefficient (Wildman–Crippen LogP) is 3.82. The lowest BCUT2D eigenvalue weighted by Crippen LogP contribution is -2.16. The zero-order chi connectivity index (χ0) is 18.5. The molecule has 0 bridgehead atoms. The van der Waals surface area contributed by atoms with E-state index in [1.54, 1.807) is 4.68 Å². The number of aryl methyl sites for hydroxylation is 1. The Kier molecular flexibility index (Phi) is 5.68. The smallest absolute Gasteiger partial charge is 0.234 e. The van der Waals surface area contributed by atoms with Crippen molar-refractivity contribution in [1.29, 1.82) is 0 Å². The van der Waals surface area contributed by atoms with Gasteiger partial charge in [0, 0.05) is 5.69 Å². The van der Waals surface area contributed by atoms with E-state index >= 15 is 0 Å². The number of hydrogen-bond acceptors (Lipinski definition) is 5. The van der Waals surface area contributed by atoms with Gasteiger partial charge in [-0.1, -0.05) is 62.0 Å². The van der Waals surface area contributed by atoms with E-state index in [-0.39, 0.29) is 11.7 Å². The lowest BCUT2D eigenvalue weighted by molar-refractivity contribution is -0.113. The highest BCUT2D eigenvalue weighted by Gasteiger charge is 2.14. The quantitative estimate of drug-likeness (QED) is 0.671. The van der Waals surface area contributed by atoms with Crippen molar-refractivity contribution in [1.82, 2.24) is 20.2 Å². The fourth-order valence-electron chi connectivity index (χ4n) is 2.65. The molecule has 1 amide bonds. The molecule has 1 heterocycles. The van der Waals surface area contributed by atoms with E-state index in [1.165, 1.54) is 11.8 Å². The van der Waals surface area contributed by atoms with E-state index in [0.29, 0.717) is 11.1 Å². The van der Waals surface area contributed by atoms with Gasteiger partial charge in [0.25, 0.3) is 0 Å². The summed E-state index contributed by atoms with van der Waals surface area (Å²) in [6, 6.07) is 15.7. The zero-order valence-electron chi connectivity index (χ0n) is 15.0. The van der Waals surface area contributed by atoms with Crippen molar-refractivity contribution in [2.75, 3.05) is 11.1 Å². The first-order valence-electron chi connectivity index (χ1n) is 8.42. The summed E-state index contributed by atoms with van der Waals surface area (Å²) in [5.74, 6) is 0.494. The first-order valence-corrected chi connectivity index (χ1v) is 9.40. The minimum Gasteiger partial charge on any atom is -0.325 e. The molecule has 2 aromatic carbocycles. The van der Waals surface area contributed by atoms with Gasteiger partial charge in [0.2, 0.25) is 11.1 Å². The summed E-state index contributed by atoms with van der Waals surface area (Å²) in [5, 5.41) is 15.4. The van der Waals surface area contributed by atoms with Crippen LogP contribution in [-0.4, -0.2) is 31.9 Å². The molecule has 26 heavy (non-hydrogen) atoms. The second-order valence-corrected chi connectivity index (χ2v) is 7.18. The summed E-state index contributed by atoms with van der Waals surface area (Å²) in [4.78, 5) is 12.4. The average Bonchev–Trinajstić information content (AvgIpc) is 3.09. The van der Waals surface area contributed by atoms with Gasteiger partial charge >= 0.3 is 0 Å². The van der Waals surface area contributed by atoms with Crippen LogP contribution in [0.4, 0.5) is 5.69 Å². The number of rotatable bonds is 6. The minimum absolute atomic E-state index is 0.0811. The molecule has 0 fully saturated rings. The first kappa shape index (κ1) is 18.1. The van der Waals surface area contributed by atoms with E-state index < -0.39 is 0 Å². The number of nitrogens with one attached hydrogen (secondary N) is 1. The molecule has 0 spiro atoms. The third-order valence-electron chi connectivity index (χ3n) is 3.97. The largest absolute Gasteiger partial charge is 0.325 e. The van der Waals surface area contributed by atoms with Crippen LogP contribution in [0, 0.1) is 6.92 Å². The number of thioether (sulfide) groups is 1. The molecule has 3 aromatic rings. The maximum Gasteiger partial charge on any atom is 0.234 e. The second-order valence-electron chi connectivity index (χ2n) is 6.24. The third kappa shape index (κ3) is 4.11. The Bertz CT molecular complexity index is 906. The van der Waals surface area contributed by atoms with Crippen LogP contribution in [0.1, 0.15) is 30.9 Å². The summed E-state index contributed by atoms with van der Waals surface area (Å²) < 4.78 is 1.66. The van der Waals surface area contributed by atoms with E-state index in [9.17, 15) is 4.79 Å². The summed E-state index contributed by atoms with van der Waals surface area (Å²) in [6.07, 6.45) is 0. The van der Waals surface area contributed by atoms with Gasteiger partial charge in [0.05, 0.1) is 11.4 Å². The summed E-state index contributed by atoms with van der Waals surface area (Å²) >= 11 is 1.31. The van der Waals surface area contributed by atoms with Gasteiger partial charge in [-0.15, -0.1) is 5.10 Å². The fourth-order valence-corrected chi connectivity index (χ4v) is 3.34. The summed E-state index contributed by atoms with van der Waals surface area (Å²) in [5.41, 5.74) is 3.95. The topological polar surface area (TPSA) is 72.7 Å². The maximum atomic E-state index is 12.4. The SMILES string of the molecule is Cc1ccccc1-n1nnnc1SCC(=O)Nc1ccccc1C(C)C. The highest BCUT2D eigenvalue weighted by molar-refractivity contribution is 7.99. The van der Waals surface area contributed by atoms with Crippen LogP contribution < -0.4 is 5.32 Å². The second kappa shape index (κ2) is 8.14. The normalized spacial score (nSPS) is 10.9. The Morgan fingerprint density at radius 1 is 1.15 bits per heavy atom. The zero-order valence-corrected chi connectivity index (χ0v) is 15.8. The summed E-state index contributed by atoms with van der Waals surface area (Å²) in [6.45, 7) is 6.22. The molecule has 0 aliphatic rings. The molecule has 0 saturated carbocycles. The van der Waals surface area contributed by atoms with Gasteiger partial charge in [0.15, 0.2) is 0 Å². The lowest BCUT2D eigenvalue weighted by Gasteiger charge is -2.13. The molecule has 134 valence electrons. The monoisotopic (exact) mass is 367 g/mol. The Morgan fingerprint density at radius 3 is 2.65 bits per heavy atom. The Labute approximate surface area is 157 Å². The van der Waals surface area contributed by atoms with Gasteiger partial charge < -0.3 is 5.32 Å². The highest BCUT2D eigenvalue weighted by atomic mass is 32.2. The molecular weight excluding hydrogens is 346 g/mol. The molecule has 1 N–H and O–H groups in total. The molecule has 3 rings (SSSR count). The van der Waals surface area contributed by atoms with Crippen LogP contribution in [0.25, 0.3) is 5.69 Å². The van der Waals surface area contributed by atoms with E-state index in [0.717, 1.165) is 22.5 Å². The van der Waals surface area contributed by atoms with E-state index in [1.807, 2.05) is 55.5 Å². The van der Waals surface area contributed by atoms with Crippen molar-refractivity contribution < 1.29 is 4.79 Å². The van der Waals surface area contributed by atoms with Gasteiger partial charge in [-0.25, -0.2) is 0 Å². The minimum atomic E-state index is -0.0811. The van der Waals surface area contributed by atoms with Crippen LogP contribution in [0.5, 0.6) is 0 Å². The van der Waals surface area contributed by atoms with Crippen LogP contribution in [0.15, 0.2) is 53.7 Å². The Morgan fingerprint density at radius 2 is 1.88 bits per heavy atom. The van der Waals surface area contributed by atoms with Crippen LogP contribution in [0.3, 0.4) is 0 Å². The third-order valence-corrected chi connectivity index (χ3v) is 4.89. The number of amides is 1. The van der Waals surface area contributed by atoms with Crippen molar-refractivity contribution in [3.8, 4) is 5.69 Å². The number of nitrogens with zero attached hydrogens (tertiary/aromatic N) is 4. The van der Waals surface area contributed by atoms with Crippen molar-refractivity contribution in [2.45, 2.75) is 31.8 Å². The lowest BCUT2D eigenvalue weighted by atomic mass is 10.0. The van der Waals surface area contributed by atoms with Crippen molar-refractivity contribution in [2.24, 2.45) is 0 Å². The maximum absolute atomic E-state index is 12.4. The molecular formula is C19H21N5OS. The predicted molar refractivity (Wildman–Crippen MR) is 104 cm³/mol. The van der Waals surface area contributed by atoms with E-state index in [4.69, 9.17) is 0 Å². The fraction of sp³-hybridized carbons (Fsp3) is 0.263. The molecule has 0 saturated heterocycles. The number of para-hydroxylation sites is 2. The number of benzene rings is 2. The molecule has 6 nitrogen and oxygen atoms in total. The Hall–Kier alpha value is -2.67. The van der Waals surface area contributed by atoms with Crippen molar-refractivity contribution >= 4 is 23.4 Å². The number of hydrogen-bond donors (Lipinski definition) is 1. The van der Waals surface area contributed by atoms with Crippen LogP contribution in [0.2, 0.25) is 0 Å². The van der Waals surface area contributed by atoms with E-state index in [2.05, 4.69) is 34.7 Å². The number of carbonyl (C=O) groups is 1. The standard InChI is InChI=1S/C19H21N5OS/c1-13(2)15-9-5-6-10-16(15)20-18(25)12-26-19-21-22-23-24(19)17-11-7-4-8-14(17)3/h4-11,13H,12H2,1-3H3,(H,20,25). The molecule has 1 aromatic heterocycles. The number of carbonyl (C=O) groups excluding carboxylic acids is 1. The first-order chi connectivity index (χ1) is 12.6. The summed E-state index contributed by atoms with van der Waals surface area (Å²) in [7, 11) is 0. The number of anilines is 1. The van der Waals surface area contributed by atoms with Crippen molar-refractivity contribution in [3.05, 3.63) is 59.7 Å². The van der Waals surface area contributed by atoms with Gasteiger partial charge in [-0.3, -0.25) is 4.79 Å². The molecule has 0 radical (unpaired) electrons. The van der Waals surface area contributed by atoms with Gasteiger partial charge in [-0.2, -0.15) is 4.68 Å².